The number of aromatic nitrogens is 2. The maximum absolute atomic E-state index is 13.7. The van der Waals surface area contributed by atoms with Gasteiger partial charge in [0.05, 0.1) is 12.4 Å². The van der Waals surface area contributed by atoms with E-state index >= 15 is 0 Å². The van der Waals surface area contributed by atoms with Crippen LogP contribution in [0, 0.1) is 11.8 Å². The van der Waals surface area contributed by atoms with Crippen molar-refractivity contribution in [1.29, 1.82) is 0 Å². The molecule has 250 valence electrons. The van der Waals surface area contributed by atoms with Crippen LogP contribution >= 0.6 is 0 Å². The number of carbonyl (C=O) groups excluding carboxylic acids is 5. The summed E-state index contributed by atoms with van der Waals surface area (Å²) in [6.45, 7) is 9.71. The molecule has 0 unspecified atom stereocenters. The van der Waals surface area contributed by atoms with Crippen molar-refractivity contribution >= 4 is 35.5 Å². The number of hydrogen-bond acceptors (Lipinski definition) is 8. The number of hydrogen-bond donors (Lipinski definition) is 7. The van der Waals surface area contributed by atoms with Gasteiger partial charge in [0.25, 0.3) is 0 Å². The molecule has 3 rings (SSSR count). The van der Waals surface area contributed by atoms with Gasteiger partial charge in [0, 0.05) is 24.9 Å². The SMILES string of the molecule is CC(C)C[C@H](NC(=O)[C@H](Cc1cnc[nH]1)NC(=O)[C@@H]1CCCN1C(=O)[C@@H]1CCCN1)C(=O)N[C@H](C(=O)N[C@@H](C)C(=O)O)C(C)C. The van der Waals surface area contributed by atoms with Gasteiger partial charge in [-0.3, -0.25) is 28.8 Å². The number of nitrogens with one attached hydrogen (secondary N) is 6. The fourth-order valence-electron chi connectivity index (χ4n) is 5.62. The fraction of sp³-hybridized carbons (Fsp3) is 0.700. The maximum Gasteiger partial charge on any atom is 0.325 e. The number of carbonyl (C=O) groups is 6. The summed E-state index contributed by atoms with van der Waals surface area (Å²) in [5, 5.41) is 23.0. The first-order valence-electron chi connectivity index (χ1n) is 15.7. The molecule has 0 bridgehead atoms. The number of aliphatic carboxylic acids is 1. The third kappa shape index (κ3) is 9.99. The van der Waals surface area contributed by atoms with Crippen molar-refractivity contribution in [2.75, 3.05) is 13.1 Å². The van der Waals surface area contributed by atoms with Crippen molar-refractivity contribution < 1.29 is 33.9 Å². The molecule has 0 spiro atoms. The predicted octanol–water partition coefficient (Wildman–Crippen LogP) is -0.559. The highest BCUT2D eigenvalue weighted by molar-refractivity contribution is 5.96. The third-order valence-corrected chi connectivity index (χ3v) is 8.12. The Morgan fingerprint density at radius 1 is 0.933 bits per heavy atom. The smallest absolute Gasteiger partial charge is 0.325 e. The first-order valence-corrected chi connectivity index (χ1v) is 15.7. The Hall–Kier alpha value is -4.01. The van der Waals surface area contributed by atoms with E-state index in [1.54, 1.807) is 18.7 Å². The first-order chi connectivity index (χ1) is 21.3. The van der Waals surface area contributed by atoms with Crippen LogP contribution in [0.4, 0.5) is 0 Å². The summed E-state index contributed by atoms with van der Waals surface area (Å²) in [7, 11) is 0. The second kappa shape index (κ2) is 16.3. The van der Waals surface area contributed by atoms with Gasteiger partial charge in [-0.15, -0.1) is 0 Å². The summed E-state index contributed by atoms with van der Waals surface area (Å²) in [5.74, 6) is -4.07. The zero-order valence-corrected chi connectivity index (χ0v) is 26.7. The molecule has 6 atom stereocenters. The van der Waals surface area contributed by atoms with E-state index in [0.29, 0.717) is 31.5 Å². The molecule has 2 fully saturated rings. The largest absolute Gasteiger partial charge is 0.480 e. The lowest BCUT2D eigenvalue weighted by molar-refractivity contribution is -0.142. The highest BCUT2D eigenvalue weighted by atomic mass is 16.4. The molecule has 2 aliphatic rings. The number of carboxylic acid groups (broad SMARTS) is 1. The molecule has 45 heavy (non-hydrogen) atoms. The van der Waals surface area contributed by atoms with E-state index in [2.05, 4.69) is 36.6 Å². The third-order valence-electron chi connectivity index (χ3n) is 8.12. The molecule has 0 aliphatic carbocycles. The van der Waals surface area contributed by atoms with Crippen molar-refractivity contribution in [2.45, 2.75) is 109 Å². The van der Waals surface area contributed by atoms with Crippen LogP contribution in [-0.2, 0) is 35.2 Å². The Balaban J connectivity index is 1.76. The highest BCUT2D eigenvalue weighted by Crippen LogP contribution is 2.21. The van der Waals surface area contributed by atoms with Gasteiger partial charge in [-0.25, -0.2) is 4.98 Å². The van der Waals surface area contributed by atoms with Crippen LogP contribution in [0.2, 0.25) is 0 Å². The van der Waals surface area contributed by atoms with Gasteiger partial charge in [0.1, 0.15) is 30.2 Å². The van der Waals surface area contributed by atoms with E-state index in [9.17, 15) is 33.9 Å². The molecule has 0 aromatic carbocycles. The fourth-order valence-corrected chi connectivity index (χ4v) is 5.62. The van der Waals surface area contributed by atoms with Crippen LogP contribution in [0.1, 0.15) is 72.4 Å². The van der Waals surface area contributed by atoms with Crippen LogP contribution in [0.5, 0.6) is 0 Å². The summed E-state index contributed by atoms with van der Waals surface area (Å²) >= 11 is 0. The van der Waals surface area contributed by atoms with Crippen LogP contribution in [0.25, 0.3) is 0 Å². The quantitative estimate of drug-likeness (QED) is 0.132. The van der Waals surface area contributed by atoms with Crippen molar-refractivity contribution in [3.8, 4) is 0 Å². The van der Waals surface area contributed by atoms with Gasteiger partial charge in [0.15, 0.2) is 0 Å². The zero-order valence-electron chi connectivity index (χ0n) is 26.7. The lowest BCUT2D eigenvalue weighted by Gasteiger charge is -2.29. The lowest BCUT2D eigenvalue weighted by Crippen LogP contribution is -2.60. The number of aromatic amines is 1. The second-order valence-corrected chi connectivity index (χ2v) is 12.7. The van der Waals surface area contributed by atoms with E-state index in [1.807, 2.05) is 13.8 Å². The van der Waals surface area contributed by atoms with Gasteiger partial charge < -0.3 is 41.6 Å². The molecule has 1 aromatic rings. The average Bonchev–Trinajstić information content (AvgIpc) is 3.77. The van der Waals surface area contributed by atoms with E-state index in [-0.39, 0.29) is 36.6 Å². The van der Waals surface area contributed by atoms with Crippen molar-refractivity contribution in [3.63, 3.8) is 0 Å². The molecule has 3 heterocycles. The van der Waals surface area contributed by atoms with Gasteiger partial charge in [-0.2, -0.15) is 0 Å². The molecule has 2 saturated heterocycles. The molecule has 2 aliphatic heterocycles. The van der Waals surface area contributed by atoms with Gasteiger partial charge in [-0.1, -0.05) is 27.7 Å². The molecule has 7 N–H and O–H groups in total. The number of carboxylic acids is 1. The van der Waals surface area contributed by atoms with Gasteiger partial charge in [-0.05, 0) is 57.4 Å². The minimum absolute atomic E-state index is 0.0256. The minimum atomic E-state index is -1.22. The highest BCUT2D eigenvalue weighted by Gasteiger charge is 2.39. The summed E-state index contributed by atoms with van der Waals surface area (Å²) in [5.41, 5.74) is 0.582. The molecular formula is C30H48N8O7. The van der Waals surface area contributed by atoms with Crippen molar-refractivity contribution in [3.05, 3.63) is 18.2 Å². The van der Waals surface area contributed by atoms with Crippen LogP contribution in [0.3, 0.4) is 0 Å². The topological polar surface area (TPSA) is 215 Å². The summed E-state index contributed by atoms with van der Waals surface area (Å²) in [6.07, 6.45) is 6.03. The first kappa shape index (κ1) is 35.5. The van der Waals surface area contributed by atoms with Crippen molar-refractivity contribution in [1.82, 2.24) is 41.5 Å². The number of imidazole rings is 1. The Labute approximate surface area is 263 Å². The minimum Gasteiger partial charge on any atom is -0.480 e. The Bertz CT molecular complexity index is 1200. The van der Waals surface area contributed by atoms with E-state index in [1.165, 1.54) is 19.4 Å². The van der Waals surface area contributed by atoms with Crippen molar-refractivity contribution in [2.24, 2.45) is 11.8 Å². The predicted molar refractivity (Wildman–Crippen MR) is 163 cm³/mol. The normalized spacial score (nSPS) is 20.7. The Morgan fingerprint density at radius 3 is 2.22 bits per heavy atom. The molecule has 0 radical (unpaired) electrons. The number of amides is 5. The maximum atomic E-state index is 13.7. The summed E-state index contributed by atoms with van der Waals surface area (Å²) in [4.78, 5) is 86.5. The standard InChI is InChI=1S/C30H48N8O7/c1-16(2)12-21(26(40)37-24(17(3)4)28(42)34-18(5)30(44)45)35-25(39)22(13-19-14-31-15-33-19)36-27(41)23-9-7-11-38(23)29(43)20-8-6-10-32-20/h14-18,20-24,32H,6-13H2,1-5H3,(H,31,33)(H,34,42)(H,35,39)(H,36,41)(H,37,40)(H,44,45)/t18-,20-,21-,22-,23-,24-/m0/s1. The zero-order chi connectivity index (χ0) is 33.3. The van der Waals surface area contributed by atoms with Crippen LogP contribution < -0.4 is 26.6 Å². The summed E-state index contributed by atoms with van der Waals surface area (Å²) in [6, 6.07) is -5.39. The average molecular weight is 633 g/mol. The summed E-state index contributed by atoms with van der Waals surface area (Å²) < 4.78 is 0. The molecule has 0 saturated carbocycles. The number of rotatable bonds is 15. The monoisotopic (exact) mass is 632 g/mol. The number of nitrogens with zero attached hydrogens (tertiary/aromatic N) is 2. The number of likely N-dealkylation sites (tertiary alicyclic amines) is 1. The van der Waals surface area contributed by atoms with E-state index in [4.69, 9.17) is 0 Å². The molecule has 15 nitrogen and oxygen atoms in total. The molecule has 5 amide bonds. The second-order valence-electron chi connectivity index (χ2n) is 12.7. The Morgan fingerprint density at radius 2 is 1.64 bits per heavy atom. The van der Waals surface area contributed by atoms with Gasteiger partial charge >= 0.3 is 5.97 Å². The van der Waals surface area contributed by atoms with Crippen LogP contribution in [-0.4, -0.2) is 105 Å². The van der Waals surface area contributed by atoms with E-state index < -0.39 is 59.8 Å². The Kier molecular flexibility index (Phi) is 12.9. The molecule has 15 heteroatoms. The number of H-pyrrole nitrogens is 1. The lowest BCUT2D eigenvalue weighted by atomic mass is 9.99. The van der Waals surface area contributed by atoms with Crippen LogP contribution in [0.15, 0.2) is 12.5 Å². The molecule has 1 aromatic heterocycles. The van der Waals surface area contributed by atoms with E-state index in [0.717, 1.165) is 13.0 Å². The van der Waals surface area contributed by atoms with Gasteiger partial charge in [0.2, 0.25) is 29.5 Å². The molecular weight excluding hydrogens is 584 g/mol.